The van der Waals surface area contributed by atoms with E-state index in [1.807, 2.05) is 30.5 Å². The molecule has 0 saturated heterocycles. The van der Waals surface area contributed by atoms with Gasteiger partial charge in [0.2, 0.25) is 0 Å². The lowest BCUT2D eigenvalue weighted by Gasteiger charge is -2.17. The van der Waals surface area contributed by atoms with E-state index in [1.54, 1.807) is 18.8 Å². The molecule has 0 aliphatic carbocycles. The number of halogens is 2. The molecule has 2 rings (SSSR count). The van der Waals surface area contributed by atoms with Crippen molar-refractivity contribution in [2.45, 2.75) is 11.4 Å². The number of benzene rings is 2. The minimum Gasteiger partial charge on any atom is -0.452 e. The smallest absolute Gasteiger partial charge is 0.338 e. The first-order chi connectivity index (χ1) is 11.9. The molecule has 0 aliphatic rings. The zero-order valence-corrected chi connectivity index (χ0v) is 16.1. The van der Waals surface area contributed by atoms with Gasteiger partial charge in [-0.15, -0.1) is 11.8 Å². The van der Waals surface area contributed by atoms with Crippen LogP contribution in [0.25, 0.3) is 0 Å². The van der Waals surface area contributed by atoms with Crippen LogP contribution in [0.3, 0.4) is 0 Å². The molecule has 0 N–H and O–H groups in total. The van der Waals surface area contributed by atoms with Crippen LogP contribution in [0.4, 0.5) is 0 Å². The Morgan fingerprint density at radius 3 is 2.24 bits per heavy atom. The van der Waals surface area contributed by atoms with Crippen LogP contribution in [0.15, 0.2) is 47.4 Å². The van der Waals surface area contributed by atoms with Crippen molar-refractivity contribution in [2.24, 2.45) is 0 Å². The zero-order valence-electron chi connectivity index (χ0n) is 13.8. The van der Waals surface area contributed by atoms with Gasteiger partial charge in [0.15, 0.2) is 6.61 Å². The van der Waals surface area contributed by atoms with E-state index in [9.17, 15) is 9.59 Å². The maximum Gasteiger partial charge on any atom is 0.338 e. The fourth-order valence-corrected chi connectivity index (χ4v) is 3.02. The van der Waals surface area contributed by atoms with Gasteiger partial charge in [-0.25, -0.2) is 4.79 Å². The molecule has 1 amide bonds. The summed E-state index contributed by atoms with van der Waals surface area (Å²) in [5.41, 5.74) is 1.21. The molecule has 4 nitrogen and oxygen atoms in total. The van der Waals surface area contributed by atoms with Crippen LogP contribution >= 0.6 is 35.0 Å². The van der Waals surface area contributed by atoms with Gasteiger partial charge in [-0.05, 0) is 42.2 Å². The molecular formula is C18H17Cl2NO3S. The Morgan fingerprint density at radius 2 is 1.68 bits per heavy atom. The maximum atomic E-state index is 12.1. The average Bonchev–Trinajstić information content (AvgIpc) is 2.59. The van der Waals surface area contributed by atoms with Gasteiger partial charge < -0.3 is 9.64 Å². The predicted octanol–water partition coefficient (Wildman–Crippen LogP) is 4.53. The molecule has 132 valence electrons. The van der Waals surface area contributed by atoms with E-state index in [1.165, 1.54) is 23.1 Å². The molecule has 0 fully saturated rings. The lowest BCUT2D eigenvalue weighted by Crippen LogP contribution is -2.30. The Hall–Kier alpha value is -1.69. The summed E-state index contributed by atoms with van der Waals surface area (Å²) in [6.07, 6.45) is 2.01. The molecule has 2 aromatic rings. The van der Waals surface area contributed by atoms with Crippen molar-refractivity contribution in [1.82, 2.24) is 4.90 Å². The number of carbonyl (C=O) groups is 2. The molecule has 0 atom stereocenters. The van der Waals surface area contributed by atoms with Gasteiger partial charge in [0, 0.05) is 28.5 Å². The molecule has 2 aromatic carbocycles. The fraction of sp³-hybridized carbons (Fsp3) is 0.222. The van der Waals surface area contributed by atoms with Gasteiger partial charge in [0.05, 0.1) is 5.56 Å². The first-order valence-electron chi connectivity index (χ1n) is 7.39. The lowest BCUT2D eigenvalue weighted by molar-refractivity contribution is -0.133. The SMILES string of the molecule is CSc1ccc(CN(C)C(=O)COC(=O)c2cc(Cl)cc(Cl)c2)cc1. The summed E-state index contributed by atoms with van der Waals surface area (Å²) in [5.74, 6) is -0.939. The number of hydrogen-bond donors (Lipinski definition) is 0. The topological polar surface area (TPSA) is 46.6 Å². The third-order valence-electron chi connectivity index (χ3n) is 3.43. The monoisotopic (exact) mass is 397 g/mol. The van der Waals surface area contributed by atoms with Crippen LogP contribution in [0.1, 0.15) is 15.9 Å². The standard InChI is InChI=1S/C18H17Cl2NO3S/c1-21(10-12-3-5-16(25-2)6-4-12)17(22)11-24-18(23)13-7-14(19)9-15(20)8-13/h3-9H,10-11H2,1-2H3. The van der Waals surface area contributed by atoms with Crippen LogP contribution in [0.5, 0.6) is 0 Å². The van der Waals surface area contributed by atoms with Gasteiger partial charge in [-0.2, -0.15) is 0 Å². The molecule has 7 heteroatoms. The van der Waals surface area contributed by atoms with Gasteiger partial charge >= 0.3 is 5.97 Å². The highest BCUT2D eigenvalue weighted by Gasteiger charge is 2.15. The molecule has 0 aliphatic heterocycles. The molecule has 0 spiro atoms. The first kappa shape index (κ1) is 19.6. The summed E-state index contributed by atoms with van der Waals surface area (Å²) in [6.45, 7) is 0.0936. The van der Waals surface area contributed by atoms with E-state index < -0.39 is 5.97 Å². The van der Waals surface area contributed by atoms with E-state index >= 15 is 0 Å². The van der Waals surface area contributed by atoms with Crippen LogP contribution in [0, 0.1) is 0 Å². The first-order valence-corrected chi connectivity index (χ1v) is 9.37. The van der Waals surface area contributed by atoms with E-state index in [2.05, 4.69) is 0 Å². The Balaban J connectivity index is 1.88. The van der Waals surface area contributed by atoms with Crippen molar-refractivity contribution in [2.75, 3.05) is 19.9 Å². The van der Waals surface area contributed by atoms with Crippen LogP contribution in [0.2, 0.25) is 10.0 Å². The number of rotatable bonds is 6. The van der Waals surface area contributed by atoms with Gasteiger partial charge in [0.1, 0.15) is 0 Å². The molecular weight excluding hydrogens is 381 g/mol. The van der Waals surface area contributed by atoms with E-state index in [4.69, 9.17) is 27.9 Å². The third kappa shape index (κ3) is 5.96. The number of amides is 1. The minimum absolute atomic E-state index is 0.209. The summed E-state index contributed by atoms with van der Waals surface area (Å²) >= 11 is 13.4. The normalized spacial score (nSPS) is 10.4. The third-order valence-corrected chi connectivity index (χ3v) is 4.61. The molecule has 0 saturated carbocycles. The molecule has 0 radical (unpaired) electrons. The summed E-state index contributed by atoms with van der Waals surface area (Å²) < 4.78 is 5.04. The highest BCUT2D eigenvalue weighted by atomic mass is 35.5. The number of hydrogen-bond acceptors (Lipinski definition) is 4. The van der Waals surface area contributed by atoms with Crippen LogP contribution in [-0.4, -0.2) is 36.7 Å². The second-order valence-electron chi connectivity index (χ2n) is 5.33. The zero-order chi connectivity index (χ0) is 18.4. The average molecular weight is 398 g/mol. The van der Waals surface area contributed by atoms with E-state index in [0.29, 0.717) is 16.6 Å². The number of likely N-dealkylation sites (N-methyl/N-ethyl adjacent to an activating group) is 1. The van der Waals surface area contributed by atoms with Crippen molar-refractivity contribution >= 4 is 46.8 Å². The van der Waals surface area contributed by atoms with Crippen molar-refractivity contribution in [3.63, 3.8) is 0 Å². The summed E-state index contributed by atoms with van der Waals surface area (Å²) in [7, 11) is 1.66. The van der Waals surface area contributed by atoms with Crippen LogP contribution < -0.4 is 0 Å². The largest absolute Gasteiger partial charge is 0.452 e. The van der Waals surface area contributed by atoms with Crippen molar-refractivity contribution < 1.29 is 14.3 Å². The molecule has 25 heavy (non-hydrogen) atoms. The number of nitrogens with zero attached hydrogens (tertiary/aromatic N) is 1. The van der Waals surface area contributed by atoms with Gasteiger partial charge in [-0.3, -0.25) is 4.79 Å². The Kier molecular flexibility index (Phi) is 7.17. The predicted molar refractivity (Wildman–Crippen MR) is 101 cm³/mol. The molecule has 0 heterocycles. The van der Waals surface area contributed by atoms with Crippen molar-refractivity contribution in [3.8, 4) is 0 Å². The molecule has 0 aromatic heterocycles. The summed E-state index contributed by atoms with van der Waals surface area (Å²) in [5, 5.41) is 0.660. The summed E-state index contributed by atoms with van der Waals surface area (Å²) in [6, 6.07) is 12.3. The highest BCUT2D eigenvalue weighted by Crippen LogP contribution is 2.20. The number of ether oxygens (including phenoxy) is 1. The lowest BCUT2D eigenvalue weighted by atomic mass is 10.2. The second-order valence-corrected chi connectivity index (χ2v) is 7.08. The summed E-state index contributed by atoms with van der Waals surface area (Å²) in [4.78, 5) is 26.8. The maximum absolute atomic E-state index is 12.1. The van der Waals surface area contributed by atoms with E-state index in [0.717, 1.165) is 10.5 Å². The highest BCUT2D eigenvalue weighted by molar-refractivity contribution is 7.98. The molecule has 0 bridgehead atoms. The van der Waals surface area contributed by atoms with Crippen LogP contribution in [-0.2, 0) is 16.1 Å². The number of esters is 1. The van der Waals surface area contributed by atoms with Gasteiger partial charge in [-0.1, -0.05) is 35.3 Å². The van der Waals surface area contributed by atoms with Crippen molar-refractivity contribution in [3.05, 3.63) is 63.6 Å². The number of carbonyl (C=O) groups excluding carboxylic acids is 2. The Morgan fingerprint density at radius 1 is 1.08 bits per heavy atom. The second kappa shape index (κ2) is 9.13. The Labute approximate surface area is 161 Å². The number of thioether (sulfide) groups is 1. The van der Waals surface area contributed by atoms with Gasteiger partial charge in [0.25, 0.3) is 5.91 Å². The van der Waals surface area contributed by atoms with E-state index in [-0.39, 0.29) is 18.1 Å². The Bertz CT molecular complexity index is 745. The van der Waals surface area contributed by atoms with Crippen molar-refractivity contribution in [1.29, 1.82) is 0 Å². The quantitative estimate of drug-likeness (QED) is 0.530. The fourth-order valence-electron chi connectivity index (χ4n) is 2.09. The molecule has 0 unspecified atom stereocenters. The minimum atomic E-state index is -0.643.